The molecule has 92 valence electrons. The van der Waals surface area contributed by atoms with E-state index in [9.17, 15) is 0 Å². The van der Waals surface area contributed by atoms with Crippen LogP contribution in [0, 0.1) is 11.8 Å². The summed E-state index contributed by atoms with van der Waals surface area (Å²) in [6, 6.07) is 0. The Morgan fingerprint density at radius 3 is 1.38 bits per heavy atom. The molecule has 0 aromatic carbocycles. The summed E-state index contributed by atoms with van der Waals surface area (Å²) >= 11 is 0. The van der Waals surface area contributed by atoms with E-state index in [-0.39, 0.29) is 0 Å². The van der Waals surface area contributed by atoms with E-state index in [1.807, 2.05) is 38.2 Å². The van der Waals surface area contributed by atoms with E-state index >= 15 is 0 Å². The third kappa shape index (κ3) is 13.0. The molecule has 0 aromatic rings. The predicted octanol–water partition coefficient (Wildman–Crippen LogP) is 5.55. The summed E-state index contributed by atoms with van der Waals surface area (Å²) < 4.78 is 0. The summed E-state index contributed by atoms with van der Waals surface area (Å²) in [4.78, 5) is 0. The molecular weight excluding hydrogens is 192 g/mol. The molecule has 0 aromatic heterocycles. The normalized spacial score (nSPS) is 23.5. The highest BCUT2D eigenvalue weighted by atomic mass is 14.1. The van der Waals surface area contributed by atoms with Crippen LogP contribution in [0.15, 0.2) is 49.6 Å². The van der Waals surface area contributed by atoms with Crippen molar-refractivity contribution in [3.05, 3.63) is 49.6 Å². The maximum atomic E-state index is 3.00. The van der Waals surface area contributed by atoms with Crippen LogP contribution < -0.4 is 0 Å². The lowest BCUT2D eigenvalue weighted by atomic mass is 9.91. The van der Waals surface area contributed by atoms with Gasteiger partial charge in [0.25, 0.3) is 0 Å². The van der Waals surface area contributed by atoms with Crippen LogP contribution in [0.5, 0.6) is 0 Å². The number of allylic oxidation sites excluding steroid dienone is 6. The highest BCUT2D eigenvalue weighted by Gasteiger charge is 2.06. The lowest BCUT2D eigenvalue weighted by Crippen LogP contribution is -2.01. The van der Waals surface area contributed by atoms with Gasteiger partial charge in [0.2, 0.25) is 0 Å². The summed E-state index contributed by atoms with van der Waals surface area (Å²) in [6.45, 7) is 14.6. The molecule has 1 rings (SSSR count). The molecule has 1 aliphatic rings. The Labute approximate surface area is 102 Å². The minimum absolute atomic E-state index is 0.839. The Morgan fingerprint density at radius 2 is 1.19 bits per heavy atom. The molecule has 0 saturated heterocycles. The third-order valence-electron chi connectivity index (χ3n) is 2.34. The molecule has 0 aliphatic heterocycles. The minimum Gasteiger partial charge on any atom is -0.106 e. The summed E-state index contributed by atoms with van der Waals surface area (Å²) in [6.07, 6.45) is 15.4. The topological polar surface area (TPSA) is 0 Å². The van der Waals surface area contributed by atoms with Gasteiger partial charge in [0.05, 0.1) is 0 Å². The summed E-state index contributed by atoms with van der Waals surface area (Å²) in [5.74, 6) is 1.68. The van der Waals surface area contributed by atoms with E-state index in [4.69, 9.17) is 0 Å². The maximum Gasteiger partial charge on any atom is -0.0262 e. The molecule has 0 heteroatoms. The minimum atomic E-state index is 0.839. The van der Waals surface area contributed by atoms with E-state index in [2.05, 4.69) is 39.2 Å². The predicted molar refractivity (Wildman–Crippen MR) is 77.6 cm³/mol. The fourth-order valence-electron chi connectivity index (χ4n) is 1.32. The number of rotatable bonds is 1. The molecule has 0 fully saturated rings. The van der Waals surface area contributed by atoms with E-state index in [1.165, 1.54) is 12.8 Å². The van der Waals surface area contributed by atoms with Gasteiger partial charge in [0.1, 0.15) is 0 Å². The van der Waals surface area contributed by atoms with Crippen molar-refractivity contribution in [3.8, 4) is 0 Å². The zero-order valence-corrected chi connectivity index (χ0v) is 11.4. The molecule has 0 saturated carbocycles. The van der Waals surface area contributed by atoms with Gasteiger partial charge in [-0.3, -0.25) is 0 Å². The lowest BCUT2D eigenvalue weighted by Gasteiger charge is -2.15. The molecule has 16 heavy (non-hydrogen) atoms. The fourth-order valence-corrected chi connectivity index (χ4v) is 1.32. The van der Waals surface area contributed by atoms with Crippen LogP contribution in [0.2, 0.25) is 0 Å². The quantitative estimate of drug-likeness (QED) is 0.401. The second-order valence-corrected chi connectivity index (χ2v) is 3.97. The van der Waals surface area contributed by atoms with Gasteiger partial charge < -0.3 is 0 Å². The second kappa shape index (κ2) is 14.0. The van der Waals surface area contributed by atoms with Crippen LogP contribution in [0.1, 0.15) is 40.5 Å². The Hall–Kier alpha value is -1.04. The first-order chi connectivity index (χ1) is 7.70. The first-order valence-corrected chi connectivity index (χ1v) is 6.13. The molecule has 0 radical (unpaired) electrons. The van der Waals surface area contributed by atoms with Gasteiger partial charge in [0, 0.05) is 0 Å². The van der Waals surface area contributed by atoms with Gasteiger partial charge >= 0.3 is 0 Å². The van der Waals surface area contributed by atoms with Crippen LogP contribution in [0.25, 0.3) is 0 Å². The zero-order chi connectivity index (χ0) is 12.8. The molecule has 0 amide bonds. The van der Waals surface area contributed by atoms with E-state index in [0.717, 1.165) is 11.8 Å². The van der Waals surface area contributed by atoms with Crippen LogP contribution >= 0.6 is 0 Å². The van der Waals surface area contributed by atoms with Crippen molar-refractivity contribution < 1.29 is 0 Å². The van der Waals surface area contributed by atoms with Gasteiger partial charge in [-0.15, -0.1) is 13.2 Å². The van der Waals surface area contributed by atoms with Gasteiger partial charge in [-0.25, -0.2) is 0 Å². The molecule has 2 unspecified atom stereocenters. The fraction of sp³-hybridized carbons (Fsp3) is 0.500. The summed E-state index contributed by atoms with van der Waals surface area (Å²) in [7, 11) is 0. The van der Waals surface area contributed by atoms with Gasteiger partial charge in [-0.05, 0) is 38.5 Å². The third-order valence-corrected chi connectivity index (χ3v) is 2.34. The van der Waals surface area contributed by atoms with Crippen molar-refractivity contribution in [1.29, 1.82) is 0 Å². The van der Waals surface area contributed by atoms with Gasteiger partial charge in [-0.1, -0.05) is 50.3 Å². The molecule has 0 nitrogen and oxygen atoms in total. The average Bonchev–Trinajstić information content (AvgIpc) is 2.34. The van der Waals surface area contributed by atoms with E-state index in [0.29, 0.717) is 0 Å². The number of hydrogen-bond acceptors (Lipinski definition) is 0. The molecule has 0 heterocycles. The molecule has 1 aliphatic carbocycles. The SMILES string of the molecule is C/C=C/C=C/C.C=C.CC1C=CC(C)CC1. The average molecular weight is 220 g/mol. The molecule has 2 atom stereocenters. The Balaban J connectivity index is 0. The molecule has 0 bridgehead atoms. The van der Waals surface area contributed by atoms with Crippen LogP contribution in [0.3, 0.4) is 0 Å². The van der Waals surface area contributed by atoms with Crippen molar-refractivity contribution in [3.63, 3.8) is 0 Å². The van der Waals surface area contributed by atoms with Crippen molar-refractivity contribution in [2.24, 2.45) is 11.8 Å². The molecular formula is C16H28. The Bertz CT molecular complexity index is 186. The highest BCUT2D eigenvalue weighted by Crippen LogP contribution is 2.20. The summed E-state index contributed by atoms with van der Waals surface area (Å²) in [5.41, 5.74) is 0. The maximum absolute atomic E-state index is 3.00. The van der Waals surface area contributed by atoms with Gasteiger partial charge in [0.15, 0.2) is 0 Å². The summed E-state index contributed by atoms with van der Waals surface area (Å²) in [5, 5.41) is 0. The lowest BCUT2D eigenvalue weighted by molar-refractivity contribution is 0.502. The van der Waals surface area contributed by atoms with Crippen molar-refractivity contribution in [2.75, 3.05) is 0 Å². The van der Waals surface area contributed by atoms with Crippen molar-refractivity contribution in [2.45, 2.75) is 40.5 Å². The Morgan fingerprint density at radius 1 is 0.875 bits per heavy atom. The van der Waals surface area contributed by atoms with Gasteiger partial charge in [-0.2, -0.15) is 0 Å². The molecule has 0 spiro atoms. The standard InChI is InChI=1S/C8H14.C6H10.C2H4/c1-7-3-5-8(2)6-4-7;1-3-5-6-4-2;1-2/h3,5,7-8H,4,6H2,1-2H3;3-6H,1-2H3;1-2H2/b;5-3+,6-4+;. The molecule has 0 N–H and O–H groups in total. The van der Waals surface area contributed by atoms with Crippen molar-refractivity contribution >= 4 is 0 Å². The highest BCUT2D eigenvalue weighted by molar-refractivity contribution is 4.99. The Kier molecular flexibility index (Phi) is 15.1. The smallest absolute Gasteiger partial charge is 0.0262 e. The van der Waals surface area contributed by atoms with E-state index in [1.54, 1.807) is 0 Å². The first-order valence-electron chi connectivity index (χ1n) is 6.13. The zero-order valence-electron chi connectivity index (χ0n) is 11.4. The first kappa shape index (κ1) is 17.4. The second-order valence-electron chi connectivity index (χ2n) is 3.97. The monoisotopic (exact) mass is 220 g/mol. The van der Waals surface area contributed by atoms with Crippen LogP contribution in [-0.2, 0) is 0 Å². The largest absolute Gasteiger partial charge is 0.106 e. The van der Waals surface area contributed by atoms with Crippen LogP contribution in [-0.4, -0.2) is 0 Å². The number of hydrogen-bond donors (Lipinski definition) is 0. The van der Waals surface area contributed by atoms with Crippen molar-refractivity contribution in [1.82, 2.24) is 0 Å². The van der Waals surface area contributed by atoms with E-state index < -0.39 is 0 Å². The van der Waals surface area contributed by atoms with Crippen LogP contribution in [0.4, 0.5) is 0 Å².